The molecule has 0 atom stereocenters. The molecule has 7 heteroatoms. The molecule has 0 unspecified atom stereocenters. The third kappa shape index (κ3) is 4.99. The Morgan fingerprint density at radius 2 is 1.74 bits per heavy atom. The van der Waals surface area contributed by atoms with E-state index in [1.165, 1.54) is 24.3 Å². The lowest BCUT2D eigenvalue weighted by Gasteiger charge is -2.09. The Balaban J connectivity index is 2.57. The van der Waals surface area contributed by atoms with Gasteiger partial charge < -0.3 is 10.4 Å². The number of rotatable bonds is 5. The first-order chi connectivity index (χ1) is 8.81. The fraction of sp³-hybridized carbons (Fsp3) is 0.333. The fourth-order valence-electron chi connectivity index (χ4n) is 1.45. The summed E-state index contributed by atoms with van der Waals surface area (Å²) in [7, 11) is 0. The number of aromatic carboxylic acids is 1. The van der Waals surface area contributed by atoms with Crippen LogP contribution in [0.2, 0.25) is 0 Å². The van der Waals surface area contributed by atoms with Gasteiger partial charge in [-0.25, -0.2) is 4.79 Å². The van der Waals surface area contributed by atoms with Crippen molar-refractivity contribution in [3.05, 3.63) is 35.4 Å². The molecule has 0 bridgehead atoms. The molecule has 104 valence electrons. The summed E-state index contributed by atoms with van der Waals surface area (Å²) in [5.74, 6) is -1.96. The molecule has 0 heterocycles. The molecular weight excluding hydrogens is 263 g/mol. The molecule has 0 aromatic heterocycles. The van der Waals surface area contributed by atoms with Crippen molar-refractivity contribution in [2.24, 2.45) is 0 Å². The largest absolute Gasteiger partial charge is 0.478 e. The van der Waals surface area contributed by atoms with Crippen LogP contribution in [0.1, 0.15) is 33.6 Å². The summed E-state index contributed by atoms with van der Waals surface area (Å²) < 4.78 is 35.6. The third-order valence-corrected chi connectivity index (χ3v) is 2.32. The minimum Gasteiger partial charge on any atom is -0.478 e. The summed E-state index contributed by atoms with van der Waals surface area (Å²) in [6.45, 7) is -0.160. The number of benzene rings is 1. The second-order valence-corrected chi connectivity index (χ2v) is 3.83. The number of hydrogen-bond acceptors (Lipinski definition) is 2. The molecule has 0 saturated carbocycles. The second kappa shape index (κ2) is 6.21. The van der Waals surface area contributed by atoms with Crippen LogP contribution in [0, 0.1) is 0 Å². The zero-order valence-corrected chi connectivity index (χ0v) is 9.83. The SMILES string of the molecule is O=C(O)c1ccccc1C(=O)NCCCC(F)(F)F. The highest BCUT2D eigenvalue weighted by molar-refractivity contribution is 6.04. The average molecular weight is 275 g/mol. The molecule has 2 N–H and O–H groups in total. The molecule has 0 saturated heterocycles. The Labute approximate surface area is 107 Å². The molecule has 1 aromatic carbocycles. The zero-order chi connectivity index (χ0) is 14.5. The van der Waals surface area contributed by atoms with Crippen LogP contribution < -0.4 is 5.32 Å². The molecule has 0 radical (unpaired) electrons. The maximum atomic E-state index is 11.9. The number of carbonyl (C=O) groups is 2. The van der Waals surface area contributed by atoms with Gasteiger partial charge >= 0.3 is 12.1 Å². The number of amides is 1. The average Bonchev–Trinajstić information content (AvgIpc) is 2.33. The summed E-state index contributed by atoms with van der Waals surface area (Å²) in [6, 6.07) is 5.51. The van der Waals surface area contributed by atoms with Crippen LogP contribution in [0.25, 0.3) is 0 Å². The summed E-state index contributed by atoms with van der Waals surface area (Å²) >= 11 is 0. The lowest BCUT2D eigenvalue weighted by atomic mass is 10.1. The number of carboxylic acid groups (broad SMARTS) is 1. The van der Waals surface area contributed by atoms with E-state index in [-0.39, 0.29) is 24.1 Å². The Bertz CT molecular complexity index is 472. The molecule has 0 aliphatic rings. The van der Waals surface area contributed by atoms with E-state index >= 15 is 0 Å². The van der Waals surface area contributed by atoms with E-state index in [9.17, 15) is 22.8 Å². The van der Waals surface area contributed by atoms with Crippen molar-refractivity contribution in [3.63, 3.8) is 0 Å². The van der Waals surface area contributed by atoms with Crippen molar-refractivity contribution in [1.82, 2.24) is 5.32 Å². The first kappa shape index (κ1) is 15.0. The molecule has 0 aliphatic carbocycles. The highest BCUT2D eigenvalue weighted by Gasteiger charge is 2.26. The molecule has 0 fully saturated rings. The first-order valence-corrected chi connectivity index (χ1v) is 5.48. The summed E-state index contributed by atoms with van der Waals surface area (Å²) in [5, 5.41) is 11.1. The number of carboxylic acids is 1. The van der Waals surface area contributed by atoms with Gasteiger partial charge in [0.1, 0.15) is 0 Å². The molecule has 0 spiro atoms. The van der Waals surface area contributed by atoms with Crippen molar-refractivity contribution >= 4 is 11.9 Å². The summed E-state index contributed by atoms with van der Waals surface area (Å²) in [4.78, 5) is 22.5. The molecular formula is C12H12F3NO3. The number of nitrogens with one attached hydrogen (secondary N) is 1. The van der Waals surface area contributed by atoms with Gasteiger partial charge in [-0.2, -0.15) is 13.2 Å². The van der Waals surface area contributed by atoms with Crippen LogP contribution in [0.3, 0.4) is 0 Å². The molecule has 4 nitrogen and oxygen atoms in total. The lowest BCUT2D eigenvalue weighted by Crippen LogP contribution is -2.27. The number of carbonyl (C=O) groups excluding carboxylic acids is 1. The monoisotopic (exact) mass is 275 g/mol. The minimum absolute atomic E-state index is 0.0676. The van der Waals surface area contributed by atoms with Crippen LogP contribution in [-0.2, 0) is 0 Å². The van der Waals surface area contributed by atoms with E-state index in [0.717, 1.165) is 0 Å². The second-order valence-electron chi connectivity index (χ2n) is 3.83. The van der Waals surface area contributed by atoms with E-state index in [0.29, 0.717) is 0 Å². The highest BCUT2D eigenvalue weighted by atomic mass is 19.4. The first-order valence-electron chi connectivity index (χ1n) is 5.48. The van der Waals surface area contributed by atoms with E-state index in [2.05, 4.69) is 5.32 Å². The Kier molecular flexibility index (Phi) is 4.91. The Morgan fingerprint density at radius 1 is 1.16 bits per heavy atom. The van der Waals surface area contributed by atoms with Gasteiger partial charge in [-0.3, -0.25) is 4.79 Å². The quantitative estimate of drug-likeness (QED) is 0.811. The van der Waals surface area contributed by atoms with Gasteiger partial charge in [0.2, 0.25) is 0 Å². The Morgan fingerprint density at radius 3 is 2.26 bits per heavy atom. The van der Waals surface area contributed by atoms with E-state index in [4.69, 9.17) is 5.11 Å². The maximum absolute atomic E-state index is 11.9. The number of hydrogen-bond donors (Lipinski definition) is 2. The molecule has 0 aliphatic heterocycles. The van der Waals surface area contributed by atoms with Crippen LogP contribution in [-0.4, -0.2) is 29.7 Å². The molecule has 1 aromatic rings. The maximum Gasteiger partial charge on any atom is 0.389 e. The van der Waals surface area contributed by atoms with Crippen molar-refractivity contribution in [1.29, 1.82) is 0 Å². The van der Waals surface area contributed by atoms with Gasteiger partial charge in [0, 0.05) is 13.0 Å². The van der Waals surface area contributed by atoms with Crippen LogP contribution in [0.15, 0.2) is 24.3 Å². The highest BCUT2D eigenvalue weighted by Crippen LogP contribution is 2.20. The molecule has 19 heavy (non-hydrogen) atoms. The third-order valence-electron chi connectivity index (χ3n) is 2.32. The molecule has 1 rings (SSSR count). The van der Waals surface area contributed by atoms with Crippen molar-refractivity contribution < 1.29 is 27.9 Å². The zero-order valence-electron chi connectivity index (χ0n) is 9.83. The van der Waals surface area contributed by atoms with Gasteiger partial charge in [-0.05, 0) is 18.6 Å². The predicted octanol–water partition coefficient (Wildman–Crippen LogP) is 2.46. The van der Waals surface area contributed by atoms with Crippen molar-refractivity contribution in [3.8, 4) is 0 Å². The topological polar surface area (TPSA) is 66.4 Å². The van der Waals surface area contributed by atoms with E-state index in [1.807, 2.05) is 0 Å². The smallest absolute Gasteiger partial charge is 0.389 e. The van der Waals surface area contributed by atoms with Crippen LogP contribution in [0.5, 0.6) is 0 Å². The standard InChI is InChI=1S/C12H12F3NO3/c13-12(14,15)6-3-7-16-10(17)8-4-1-2-5-9(8)11(18)19/h1-2,4-5H,3,6-7H2,(H,16,17)(H,18,19). The van der Waals surface area contributed by atoms with Crippen molar-refractivity contribution in [2.45, 2.75) is 19.0 Å². The summed E-state index contributed by atoms with van der Waals surface area (Å²) in [6.07, 6.45) is -5.50. The summed E-state index contributed by atoms with van der Waals surface area (Å²) in [5.41, 5.74) is -0.252. The fourth-order valence-corrected chi connectivity index (χ4v) is 1.45. The van der Waals surface area contributed by atoms with Gasteiger partial charge in [0.05, 0.1) is 11.1 Å². The van der Waals surface area contributed by atoms with Gasteiger partial charge in [0.15, 0.2) is 0 Å². The normalized spacial score (nSPS) is 11.1. The minimum atomic E-state index is -4.26. The van der Waals surface area contributed by atoms with Gasteiger partial charge in [-0.15, -0.1) is 0 Å². The van der Waals surface area contributed by atoms with Gasteiger partial charge in [-0.1, -0.05) is 12.1 Å². The van der Waals surface area contributed by atoms with Crippen LogP contribution in [0.4, 0.5) is 13.2 Å². The van der Waals surface area contributed by atoms with Crippen molar-refractivity contribution in [2.75, 3.05) is 6.54 Å². The number of alkyl halides is 3. The van der Waals surface area contributed by atoms with Gasteiger partial charge in [0.25, 0.3) is 5.91 Å². The predicted molar refractivity (Wildman–Crippen MR) is 61.0 cm³/mol. The Hall–Kier alpha value is -2.05. The van der Waals surface area contributed by atoms with E-state index in [1.54, 1.807) is 0 Å². The number of halogens is 3. The van der Waals surface area contributed by atoms with E-state index < -0.39 is 24.5 Å². The van der Waals surface area contributed by atoms with Crippen LogP contribution >= 0.6 is 0 Å². The lowest BCUT2D eigenvalue weighted by molar-refractivity contribution is -0.135. The molecule has 1 amide bonds.